The van der Waals surface area contributed by atoms with Gasteiger partial charge < -0.3 is 9.32 Å². The SMILES string of the molecule is Cc1occc1-c1nnc(SCC(=O)N(C)C2CCCc3ccccc32)n1Cc1ccccc1. The number of rotatable bonds is 7. The van der Waals surface area contributed by atoms with Gasteiger partial charge >= 0.3 is 0 Å². The third kappa shape index (κ3) is 4.53. The largest absolute Gasteiger partial charge is 0.469 e. The smallest absolute Gasteiger partial charge is 0.233 e. The first kappa shape index (κ1) is 22.5. The number of fused-ring (bicyclic) bond motifs is 1. The molecule has 7 heteroatoms. The summed E-state index contributed by atoms with van der Waals surface area (Å²) in [4.78, 5) is 15.1. The van der Waals surface area contributed by atoms with Gasteiger partial charge in [0.25, 0.3) is 0 Å². The lowest BCUT2D eigenvalue weighted by molar-refractivity contribution is -0.129. The number of nitrogens with zero attached hydrogens (tertiary/aromatic N) is 4. The fraction of sp³-hybridized carbons (Fsp3) is 0.296. The molecule has 0 radical (unpaired) electrons. The lowest BCUT2D eigenvalue weighted by atomic mass is 9.87. The van der Waals surface area contributed by atoms with Crippen molar-refractivity contribution in [3.8, 4) is 11.4 Å². The molecule has 0 saturated carbocycles. The minimum atomic E-state index is 0.0991. The number of furan rings is 1. The van der Waals surface area contributed by atoms with Crippen molar-refractivity contribution in [3.63, 3.8) is 0 Å². The molecule has 1 aliphatic rings. The van der Waals surface area contributed by atoms with Gasteiger partial charge in [0.15, 0.2) is 11.0 Å². The second-order valence-electron chi connectivity index (χ2n) is 8.67. The van der Waals surface area contributed by atoms with Crippen LogP contribution in [0.2, 0.25) is 0 Å². The number of hydrogen-bond acceptors (Lipinski definition) is 5. The highest BCUT2D eigenvalue weighted by molar-refractivity contribution is 7.99. The first-order valence-electron chi connectivity index (χ1n) is 11.6. The summed E-state index contributed by atoms with van der Waals surface area (Å²) < 4.78 is 7.58. The van der Waals surface area contributed by atoms with E-state index in [-0.39, 0.29) is 11.9 Å². The lowest BCUT2D eigenvalue weighted by Gasteiger charge is -2.33. The van der Waals surface area contributed by atoms with Crippen molar-refractivity contribution in [2.24, 2.45) is 0 Å². The van der Waals surface area contributed by atoms with Crippen molar-refractivity contribution in [3.05, 3.63) is 89.4 Å². The van der Waals surface area contributed by atoms with E-state index in [2.05, 4.69) is 51.2 Å². The molecule has 174 valence electrons. The maximum absolute atomic E-state index is 13.2. The van der Waals surface area contributed by atoms with E-state index in [1.54, 1.807) is 6.26 Å². The zero-order chi connectivity index (χ0) is 23.5. The molecule has 0 bridgehead atoms. The van der Waals surface area contributed by atoms with E-state index in [0.717, 1.165) is 47.1 Å². The predicted octanol–water partition coefficient (Wildman–Crippen LogP) is 5.52. The van der Waals surface area contributed by atoms with Gasteiger partial charge in [-0.05, 0) is 48.9 Å². The van der Waals surface area contributed by atoms with Gasteiger partial charge in [-0.15, -0.1) is 10.2 Å². The summed E-state index contributed by atoms with van der Waals surface area (Å²) in [7, 11) is 1.92. The number of amides is 1. The molecule has 2 aromatic carbocycles. The van der Waals surface area contributed by atoms with Crippen LogP contribution >= 0.6 is 11.8 Å². The highest BCUT2D eigenvalue weighted by Gasteiger charge is 2.27. The molecule has 5 rings (SSSR count). The van der Waals surface area contributed by atoms with Crippen LogP contribution in [0.3, 0.4) is 0 Å². The summed E-state index contributed by atoms with van der Waals surface area (Å²) in [6.07, 6.45) is 4.85. The molecule has 0 N–H and O–H groups in total. The average Bonchev–Trinajstić information content (AvgIpc) is 3.47. The van der Waals surface area contributed by atoms with Crippen LogP contribution in [0.25, 0.3) is 11.4 Å². The van der Waals surface area contributed by atoms with Crippen molar-refractivity contribution in [1.29, 1.82) is 0 Å². The molecular formula is C27H28N4O2S. The van der Waals surface area contributed by atoms with E-state index in [4.69, 9.17) is 4.42 Å². The Bertz CT molecular complexity index is 1280. The second kappa shape index (κ2) is 9.89. The Morgan fingerprint density at radius 2 is 1.91 bits per heavy atom. The number of carbonyl (C=O) groups is 1. The highest BCUT2D eigenvalue weighted by atomic mass is 32.2. The van der Waals surface area contributed by atoms with Crippen molar-refractivity contribution in [2.75, 3.05) is 12.8 Å². The summed E-state index contributed by atoms with van der Waals surface area (Å²) in [6.45, 7) is 2.54. The normalized spacial score (nSPS) is 15.2. The van der Waals surface area contributed by atoms with Crippen LogP contribution in [-0.2, 0) is 17.8 Å². The fourth-order valence-electron chi connectivity index (χ4n) is 4.65. The first-order valence-corrected chi connectivity index (χ1v) is 12.6. The monoisotopic (exact) mass is 472 g/mol. The van der Waals surface area contributed by atoms with Crippen LogP contribution in [0.1, 0.15) is 41.3 Å². The molecule has 1 amide bonds. The average molecular weight is 473 g/mol. The minimum Gasteiger partial charge on any atom is -0.469 e. The van der Waals surface area contributed by atoms with Crippen LogP contribution in [0.4, 0.5) is 0 Å². The van der Waals surface area contributed by atoms with E-state index in [0.29, 0.717) is 12.3 Å². The second-order valence-corrected chi connectivity index (χ2v) is 9.61. The number of carbonyl (C=O) groups excluding carboxylic acids is 1. The zero-order valence-corrected chi connectivity index (χ0v) is 20.3. The number of aryl methyl sites for hydroxylation is 2. The lowest BCUT2D eigenvalue weighted by Crippen LogP contribution is -2.34. The van der Waals surface area contributed by atoms with Crippen LogP contribution in [0.15, 0.2) is 76.5 Å². The van der Waals surface area contributed by atoms with Crippen LogP contribution in [0.5, 0.6) is 0 Å². The van der Waals surface area contributed by atoms with Crippen molar-refractivity contribution in [2.45, 2.75) is 43.9 Å². The standard InChI is InChI=1S/C27H28N4O2S/c1-19-22(15-16-33-19)26-28-29-27(31(26)17-20-9-4-3-5-10-20)34-18-25(32)30(2)24-14-8-12-21-11-6-7-13-23(21)24/h3-7,9-11,13,15-16,24H,8,12,14,17-18H2,1-2H3. The van der Waals surface area contributed by atoms with Crippen molar-refractivity contribution < 1.29 is 9.21 Å². The van der Waals surface area contributed by atoms with E-state index >= 15 is 0 Å². The number of benzene rings is 2. The van der Waals surface area contributed by atoms with Gasteiger partial charge in [0.1, 0.15) is 5.76 Å². The summed E-state index contributed by atoms with van der Waals surface area (Å²) in [5, 5.41) is 9.64. The third-order valence-corrected chi connectivity index (χ3v) is 7.48. The number of hydrogen-bond donors (Lipinski definition) is 0. The molecule has 2 aromatic heterocycles. The zero-order valence-electron chi connectivity index (χ0n) is 19.5. The summed E-state index contributed by atoms with van der Waals surface area (Å²) in [5.41, 5.74) is 4.69. The fourth-order valence-corrected chi connectivity index (χ4v) is 5.51. The predicted molar refractivity (Wildman–Crippen MR) is 134 cm³/mol. The molecule has 1 unspecified atom stereocenters. The van der Waals surface area contributed by atoms with E-state index < -0.39 is 0 Å². The minimum absolute atomic E-state index is 0.0991. The van der Waals surface area contributed by atoms with Gasteiger partial charge in [0.05, 0.1) is 30.2 Å². The molecule has 0 spiro atoms. The Balaban J connectivity index is 1.36. The summed E-state index contributed by atoms with van der Waals surface area (Å²) >= 11 is 1.44. The molecule has 0 fully saturated rings. The Hall–Kier alpha value is -3.32. The molecule has 6 nitrogen and oxygen atoms in total. The molecule has 0 saturated heterocycles. The van der Waals surface area contributed by atoms with Crippen molar-refractivity contribution >= 4 is 17.7 Å². The Morgan fingerprint density at radius 3 is 2.71 bits per heavy atom. The number of thioether (sulfide) groups is 1. The highest BCUT2D eigenvalue weighted by Crippen LogP contribution is 2.34. The van der Waals surface area contributed by atoms with Gasteiger partial charge in [0.2, 0.25) is 5.91 Å². The molecule has 1 atom stereocenters. The van der Waals surface area contributed by atoms with Gasteiger partial charge in [0, 0.05) is 7.05 Å². The quantitative estimate of drug-likeness (QED) is 0.331. The molecular weight excluding hydrogens is 444 g/mol. The third-order valence-electron chi connectivity index (χ3n) is 6.52. The van der Waals surface area contributed by atoms with E-state index in [9.17, 15) is 4.79 Å². The van der Waals surface area contributed by atoms with Gasteiger partial charge in [-0.1, -0.05) is 66.4 Å². The molecule has 1 aliphatic carbocycles. The molecule has 0 aliphatic heterocycles. The topological polar surface area (TPSA) is 64.2 Å². The molecule has 4 aromatic rings. The van der Waals surface area contributed by atoms with Gasteiger partial charge in [-0.3, -0.25) is 9.36 Å². The van der Waals surface area contributed by atoms with Crippen molar-refractivity contribution in [1.82, 2.24) is 19.7 Å². The summed E-state index contributed by atoms with van der Waals surface area (Å²) in [5.74, 6) is 1.96. The number of aromatic nitrogens is 3. The Morgan fingerprint density at radius 1 is 1.12 bits per heavy atom. The van der Waals surface area contributed by atoms with Crippen LogP contribution in [-0.4, -0.2) is 38.4 Å². The van der Waals surface area contributed by atoms with Crippen LogP contribution < -0.4 is 0 Å². The first-order chi connectivity index (χ1) is 16.6. The summed E-state index contributed by atoms with van der Waals surface area (Å²) in [6, 6.07) is 20.7. The van der Waals surface area contributed by atoms with E-state index in [1.165, 1.54) is 22.9 Å². The van der Waals surface area contributed by atoms with Gasteiger partial charge in [-0.25, -0.2) is 0 Å². The maximum Gasteiger partial charge on any atom is 0.233 e. The maximum atomic E-state index is 13.2. The van der Waals surface area contributed by atoms with E-state index in [1.807, 2.05) is 43.1 Å². The molecule has 2 heterocycles. The Kier molecular flexibility index (Phi) is 6.54. The molecule has 34 heavy (non-hydrogen) atoms. The van der Waals surface area contributed by atoms with Gasteiger partial charge in [-0.2, -0.15) is 0 Å². The Labute approximate surface area is 204 Å². The van der Waals surface area contributed by atoms with Crippen LogP contribution in [0, 0.1) is 6.92 Å².